The first-order valence-corrected chi connectivity index (χ1v) is 7.92. The number of hydrogen-bond acceptors (Lipinski definition) is 5. The van der Waals surface area contributed by atoms with Gasteiger partial charge in [-0.1, -0.05) is 11.3 Å². The van der Waals surface area contributed by atoms with Crippen molar-refractivity contribution in [1.82, 2.24) is 20.0 Å². The van der Waals surface area contributed by atoms with E-state index >= 15 is 0 Å². The lowest BCUT2D eigenvalue weighted by atomic mass is 9.98. The van der Waals surface area contributed by atoms with Gasteiger partial charge in [0.05, 0.1) is 11.3 Å². The second-order valence-corrected chi connectivity index (χ2v) is 6.02. The third-order valence-corrected chi connectivity index (χ3v) is 4.22. The summed E-state index contributed by atoms with van der Waals surface area (Å²) in [5, 5.41) is 8.21. The maximum atomic E-state index is 13.9. The van der Waals surface area contributed by atoms with E-state index in [9.17, 15) is 9.18 Å². The molecule has 126 valence electrons. The molecule has 6 nitrogen and oxygen atoms in total. The highest BCUT2D eigenvalue weighted by Gasteiger charge is 2.25. The van der Waals surface area contributed by atoms with Crippen molar-refractivity contribution in [2.24, 2.45) is 0 Å². The summed E-state index contributed by atoms with van der Waals surface area (Å²) in [5.74, 6) is -0.00360. The standard InChI is InChI=1S/C18H15FN4O2/c1-10-8-15(24)13-6-5-12(9-16(13)25-10)17-11(2)23(22-21-17)14-4-3-7-20-18(14)19/h3-7,9-10H,8H2,1-2H3/t10-/m1/s1. The Labute approximate surface area is 143 Å². The molecule has 0 N–H and O–H groups in total. The van der Waals surface area contributed by atoms with E-state index in [1.165, 1.54) is 10.9 Å². The SMILES string of the molecule is Cc1c(-c2ccc3c(c2)O[C@H](C)CC3=O)nnn1-c1cccnc1F. The molecular weight excluding hydrogens is 323 g/mol. The minimum Gasteiger partial charge on any atom is -0.489 e. The molecule has 0 unspecified atom stereocenters. The molecule has 0 saturated heterocycles. The molecule has 0 amide bonds. The van der Waals surface area contributed by atoms with E-state index in [4.69, 9.17) is 4.74 Å². The number of Topliss-reactive ketones (excluding diaryl/α,β-unsaturated/α-hetero) is 1. The number of carbonyl (C=O) groups excluding carboxylic acids is 1. The van der Waals surface area contributed by atoms with Crippen LogP contribution in [0.25, 0.3) is 16.9 Å². The lowest BCUT2D eigenvalue weighted by Gasteiger charge is -2.22. The molecule has 1 aliphatic rings. The van der Waals surface area contributed by atoms with Crippen LogP contribution >= 0.6 is 0 Å². The van der Waals surface area contributed by atoms with Gasteiger partial charge < -0.3 is 4.74 Å². The highest BCUT2D eigenvalue weighted by atomic mass is 19.1. The number of aromatic nitrogens is 4. The molecule has 0 aliphatic carbocycles. The van der Waals surface area contributed by atoms with Crippen molar-refractivity contribution in [3.8, 4) is 22.7 Å². The maximum absolute atomic E-state index is 13.9. The third kappa shape index (κ3) is 2.57. The molecule has 1 aliphatic heterocycles. The molecule has 25 heavy (non-hydrogen) atoms. The number of carbonyl (C=O) groups is 1. The first-order chi connectivity index (χ1) is 12.0. The average Bonchev–Trinajstić information content (AvgIpc) is 2.96. The average molecular weight is 338 g/mol. The zero-order valence-electron chi connectivity index (χ0n) is 13.7. The molecule has 1 atom stereocenters. The molecule has 7 heteroatoms. The van der Waals surface area contributed by atoms with Crippen molar-refractivity contribution in [3.05, 3.63) is 53.7 Å². The summed E-state index contributed by atoms with van der Waals surface area (Å²) in [6, 6.07) is 8.55. The number of ether oxygens (including phenoxy) is 1. The minimum atomic E-state index is -0.616. The molecular formula is C18H15FN4O2. The van der Waals surface area contributed by atoms with Crippen LogP contribution in [-0.4, -0.2) is 31.9 Å². The van der Waals surface area contributed by atoms with Crippen LogP contribution in [0, 0.1) is 12.9 Å². The van der Waals surface area contributed by atoms with E-state index in [2.05, 4.69) is 15.3 Å². The van der Waals surface area contributed by atoms with Crippen LogP contribution in [0.1, 0.15) is 29.4 Å². The highest BCUT2D eigenvalue weighted by Crippen LogP contribution is 2.33. The molecule has 1 aromatic carbocycles. The Balaban J connectivity index is 1.78. The van der Waals surface area contributed by atoms with E-state index < -0.39 is 5.95 Å². The Kier molecular flexibility index (Phi) is 3.56. The Morgan fingerprint density at radius 1 is 1.32 bits per heavy atom. The van der Waals surface area contributed by atoms with Crippen LogP contribution in [0.5, 0.6) is 5.75 Å². The van der Waals surface area contributed by atoms with Gasteiger partial charge in [0.1, 0.15) is 23.2 Å². The fraction of sp³-hybridized carbons (Fsp3) is 0.222. The summed E-state index contributed by atoms with van der Waals surface area (Å²) >= 11 is 0. The highest BCUT2D eigenvalue weighted by molar-refractivity contribution is 6.00. The summed E-state index contributed by atoms with van der Waals surface area (Å²) in [5.41, 5.74) is 2.83. The Morgan fingerprint density at radius 2 is 2.16 bits per heavy atom. The molecule has 0 saturated carbocycles. The van der Waals surface area contributed by atoms with Crippen molar-refractivity contribution in [2.45, 2.75) is 26.4 Å². The van der Waals surface area contributed by atoms with E-state index in [0.29, 0.717) is 29.1 Å². The smallest absolute Gasteiger partial charge is 0.238 e. The summed E-state index contributed by atoms with van der Waals surface area (Å²) in [6.45, 7) is 3.66. The summed E-state index contributed by atoms with van der Waals surface area (Å²) in [7, 11) is 0. The summed E-state index contributed by atoms with van der Waals surface area (Å²) < 4.78 is 21.1. The Bertz CT molecular complexity index is 983. The number of rotatable bonds is 2. The number of ketones is 1. The second kappa shape index (κ2) is 5.77. The quantitative estimate of drug-likeness (QED) is 0.672. The van der Waals surface area contributed by atoms with Crippen LogP contribution in [0.2, 0.25) is 0 Å². The molecule has 0 bridgehead atoms. The fourth-order valence-corrected chi connectivity index (χ4v) is 2.99. The number of hydrogen-bond donors (Lipinski definition) is 0. The van der Waals surface area contributed by atoms with E-state index in [-0.39, 0.29) is 17.6 Å². The minimum absolute atomic E-state index is 0.0677. The zero-order chi connectivity index (χ0) is 17.6. The first kappa shape index (κ1) is 15.4. The first-order valence-electron chi connectivity index (χ1n) is 7.92. The normalized spacial score (nSPS) is 16.4. The van der Waals surface area contributed by atoms with Crippen molar-refractivity contribution < 1.29 is 13.9 Å². The molecule has 0 spiro atoms. The monoisotopic (exact) mass is 338 g/mol. The van der Waals surface area contributed by atoms with Gasteiger partial charge in [0.25, 0.3) is 0 Å². The number of nitrogens with zero attached hydrogens (tertiary/aromatic N) is 4. The van der Waals surface area contributed by atoms with Crippen LogP contribution in [0.15, 0.2) is 36.5 Å². The van der Waals surface area contributed by atoms with Crippen LogP contribution < -0.4 is 4.74 Å². The molecule has 0 fully saturated rings. The lowest BCUT2D eigenvalue weighted by molar-refractivity contribution is 0.0871. The molecule has 3 heterocycles. The summed E-state index contributed by atoms with van der Waals surface area (Å²) in [6.07, 6.45) is 1.60. The Hall–Kier alpha value is -3.09. The molecule has 2 aromatic heterocycles. The van der Waals surface area contributed by atoms with Gasteiger partial charge in [0, 0.05) is 18.2 Å². The topological polar surface area (TPSA) is 69.9 Å². The number of fused-ring (bicyclic) bond motifs is 1. The van der Waals surface area contributed by atoms with Crippen molar-refractivity contribution in [1.29, 1.82) is 0 Å². The molecule has 0 radical (unpaired) electrons. The van der Waals surface area contributed by atoms with Gasteiger partial charge in [-0.2, -0.15) is 4.39 Å². The summed E-state index contributed by atoms with van der Waals surface area (Å²) in [4.78, 5) is 15.7. The van der Waals surface area contributed by atoms with Gasteiger partial charge in [-0.3, -0.25) is 4.79 Å². The predicted molar refractivity (Wildman–Crippen MR) is 88.3 cm³/mol. The third-order valence-electron chi connectivity index (χ3n) is 4.22. The number of pyridine rings is 1. The predicted octanol–water partition coefficient (Wildman–Crippen LogP) is 3.13. The van der Waals surface area contributed by atoms with E-state index in [1.807, 2.05) is 6.92 Å². The van der Waals surface area contributed by atoms with Crippen LogP contribution in [0.3, 0.4) is 0 Å². The molecule has 4 rings (SSSR count). The van der Waals surface area contributed by atoms with Crippen LogP contribution in [-0.2, 0) is 0 Å². The fourth-order valence-electron chi connectivity index (χ4n) is 2.99. The van der Waals surface area contributed by atoms with E-state index in [0.717, 1.165) is 5.56 Å². The zero-order valence-corrected chi connectivity index (χ0v) is 13.7. The molecule has 3 aromatic rings. The van der Waals surface area contributed by atoms with Crippen LogP contribution in [0.4, 0.5) is 4.39 Å². The lowest BCUT2D eigenvalue weighted by Crippen LogP contribution is -2.23. The second-order valence-electron chi connectivity index (χ2n) is 6.02. The number of benzene rings is 1. The van der Waals surface area contributed by atoms with Crippen molar-refractivity contribution in [2.75, 3.05) is 0 Å². The van der Waals surface area contributed by atoms with Gasteiger partial charge in [0.2, 0.25) is 5.95 Å². The number of halogens is 1. The van der Waals surface area contributed by atoms with Crippen molar-refractivity contribution in [3.63, 3.8) is 0 Å². The maximum Gasteiger partial charge on any atom is 0.238 e. The van der Waals surface area contributed by atoms with Gasteiger partial charge in [-0.25, -0.2) is 9.67 Å². The van der Waals surface area contributed by atoms with Gasteiger partial charge >= 0.3 is 0 Å². The van der Waals surface area contributed by atoms with Gasteiger partial charge in [0.15, 0.2) is 5.78 Å². The van der Waals surface area contributed by atoms with Gasteiger partial charge in [-0.15, -0.1) is 5.10 Å². The van der Waals surface area contributed by atoms with E-state index in [1.54, 1.807) is 37.3 Å². The van der Waals surface area contributed by atoms with Gasteiger partial charge in [-0.05, 0) is 38.1 Å². The Morgan fingerprint density at radius 3 is 2.96 bits per heavy atom. The largest absolute Gasteiger partial charge is 0.489 e. The van der Waals surface area contributed by atoms with Crippen molar-refractivity contribution >= 4 is 5.78 Å².